The van der Waals surface area contributed by atoms with E-state index >= 15 is 0 Å². The Morgan fingerprint density at radius 3 is 2.38 bits per heavy atom. The Balaban J connectivity index is 2.02. The molecule has 0 aliphatic heterocycles. The molecule has 7 N–H and O–H groups in total. The van der Waals surface area contributed by atoms with Gasteiger partial charge in [-0.1, -0.05) is 6.92 Å². The van der Waals surface area contributed by atoms with E-state index in [1.165, 1.54) is 13.0 Å². The fourth-order valence-electron chi connectivity index (χ4n) is 5.43. The number of carbonyl (C=O) groups is 3. The van der Waals surface area contributed by atoms with Crippen molar-refractivity contribution in [3.63, 3.8) is 0 Å². The Kier molecular flexibility index (Phi) is 4.65. The number of hydrogen-bond donors (Lipinski definition) is 6. The first kappa shape index (κ1) is 21.8. The number of aliphatic hydroxyl groups is 4. The van der Waals surface area contributed by atoms with Gasteiger partial charge in [0.25, 0.3) is 5.91 Å². The van der Waals surface area contributed by atoms with Gasteiger partial charge in [0, 0.05) is 43.1 Å². The molecule has 1 saturated carbocycles. The number of Topliss-reactive ketones (excluding diaryl/α,β-unsaturated/α-hetero) is 2. The molecule has 3 aliphatic carbocycles. The monoisotopic (exact) mass is 444 g/mol. The second kappa shape index (κ2) is 6.81. The van der Waals surface area contributed by atoms with Gasteiger partial charge in [0.2, 0.25) is 5.78 Å². The Labute approximate surface area is 182 Å². The highest BCUT2D eigenvalue weighted by atomic mass is 16.4. The summed E-state index contributed by atoms with van der Waals surface area (Å²) in [6.07, 6.45) is -1.53. The quantitative estimate of drug-likeness (QED) is 0.334. The molecule has 0 saturated heterocycles. The van der Waals surface area contributed by atoms with E-state index in [2.05, 4.69) is 0 Å². The molecule has 0 aromatic heterocycles. The van der Waals surface area contributed by atoms with Crippen LogP contribution in [0.4, 0.5) is 5.69 Å². The first-order valence-corrected chi connectivity index (χ1v) is 10.0. The molecule has 5 unspecified atom stereocenters. The number of phenolic OH excluding ortho intramolecular Hbond substituents is 1. The SMILES string of the molecule is CC1C(=O)C(C(N)=O)=C(O)C2(O)C(=O)C3=C(O)c4c(O)ccc(N(C)C)c4CC3C(O)C12. The molecular formula is C22H24N2O8. The first-order valence-electron chi connectivity index (χ1n) is 10.0. The van der Waals surface area contributed by atoms with Crippen LogP contribution in [0, 0.1) is 17.8 Å². The molecule has 1 amide bonds. The van der Waals surface area contributed by atoms with E-state index in [0.29, 0.717) is 11.3 Å². The highest BCUT2D eigenvalue weighted by Crippen LogP contribution is 2.54. The molecule has 0 radical (unpaired) electrons. The molecule has 1 aromatic rings. The van der Waals surface area contributed by atoms with E-state index in [9.17, 15) is 39.9 Å². The number of anilines is 1. The molecule has 1 fully saturated rings. The molecule has 32 heavy (non-hydrogen) atoms. The summed E-state index contributed by atoms with van der Waals surface area (Å²) in [4.78, 5) is 39.7. The highest BCUT2D eigenvalue weighted by Gasteiger charge is 2.66. The number of hydrogen-bond acceptors (Lipinski definition) is 9. The topological polar surface area (TPSA) is 182 Å². The van der Waals surface area contributed by atoms with Crippen LogP contribution in [0.15, 0.2) is 29.0 Å². The van der Waals surface area contributed by atoms with Crippen molar-refractivity contribution in [3.05, 3.63) is 40.2 Å². The van der Waals surface area contributed by atoms with Gasteiger partial charge in [0.1, 0.15) is 22.8 Å². The second-order valence-electron chi connectivity index (χ2n) is 8.78. The molecule has 0 spiro atoms. The van der Waals surface area contributed by atoms with E-state index in [-0.39, 0.29) is 17.7 Å². The first-order chi connectivity index (χ1) is 14.8. The number of nitrogens with zero attached hydrogens (tertiary/aromatic N) is 1. The minimum Gasteiger partial charge on any atom is -0.508 e. The fourth-order valence-corrected chi connectivity index (χ4v) is 5.43. The van der Waals surface area contributed by atoms with E-state index in [1.54, 1.807) is 25.1 Å². The third-order valence-corrected chi connectivity index (χ3v) is 6.93. The highest BCUT2D eigenvalue weighted by molar-refractivity contribution is 6.23. The molecule has 170 valence electrons. The minimum atomic E-state index is -2.84. The zero-order chi connectivity index (χ0) is 23.9. The van der Waals surface area contributed by atoms with Crippen molar-refractivity contribution in [2.75, 3.05) is 19.0 Å². The zero-order valence-electron chi connectivity index (χ0n) is 17.7. The predicted octanol–water partition coefficient (Wildman–Crippen LogP) is -0.293. The second-order valence-corrected chi connectivity index (χ2v) is 8.78. The summed E-state index contributed by atoms with van der Waals surface area (Å²) < 4.78 is 0. The van der Waals surface area contributed by atoms with Crippen LogP contribution in [0.25, 0.3) is 5.76 Å². The molecule has 3 aliphatic rings. The number of rotatable bonds is 2. The molecule has 10 nitrogen and oxygen atoms in total. The number of fused-ring (bicyclic) bond motifs is 3. The number of aromatic hydroxyl groups is 1. The lowest BCUT2D eigenvalue weighted by molar-refractivity contribution is -0.166. The fraction of sp³-hybridized carbons (Fsp3) is 0.409. The van der Waals surface area contributed by atoms with Gasteiger partial charge in [0.05, 0.1) is 11.7 Å². The zero-order valence-corrected chi connectivity index (χ0v) is 17.7. The average molecular weight is 444 g/mol. The van der Waals surface area contributed by atoms with Gasteiger partial charge < -0.3 is 36.2 Å². The van der Waals surface area contributed by atoms with Crippen molar-refractivity contribution in [2.45, 2.75) is 25.0 Å². The number of phenols is 1. The largest absolute Gasteiger partial charge is 0.508 e. The predicted molar refractivity (Wildman–Crippen MR) is 112 cm³/mol. The van der Waals surface area contributed by atoms with Gasteiger partial charge in [-0.25, -0.2) is 0 Å². The molecule has 0 bridgehead atoms. The molecule has 10 heteroatoms. The average Bonchev–Trinajstić information content (AvgIpc) is 2.70. The van der Waals surface area contributed by atoms with Crippen LogP contribution >= 0.6 is 0 Å². The third-order valence-electron chi connectivity index (χ3n) is 6.93. The van der Waals surface area contributed by atoms with Gasteiger partial charge in [-0.15, -0.1) is 0 Å². The normalized spacial score (nSPS) is 31.8. The van der Waals surface area contributed by atoms with Crippen LogP contribution in [-0.2, 0) is 20.8 Å². The van der Waals surface area contributed by atoms with Crippen LogP contribution in [0.3, 0.4) is 0 Å². The van der Waals surface area contributed by atoms with Crippen molar-refractivity contribution in [3.8, 4) is 5.75 Å². The number of nitrogens with two attached hydrogens (primary N) is 1. The Morgan fingerprint density at radius 1 is 1.19 bits per heavy atom. The Morgan fingerprint density at radius 2 is 1.81 bits per heavy atom. The number of aliphatic hydroxyl groups excluding tert-OH is 3. The van der Waals surface area contributed by atoms with Gasteiger partial charge in [-0.2, -0.15) is 0 Å². The van der Waals surface area contributed by atoms with E-state index < -0.39 is 69.6 Å². The van der Waals surface area contributed by atoms with Gasteiger partial charge in [-0.3, -0.25) is 14.4 Å². The maximum absolute atomic E-state index is 13.5. The lowest BCUT2D eigenvalue weighted by atomic mass is 9.55. The summed E-state index contributed by atoms with van der Waals surface area (Å²) in [5, 5.41) is 54.6. The maximum Gasteiger partial charge on any atom is 0.255 e. The Bertz CT molecular complexity index is 1150. The van der Waals surface area contributed by atoms with Crippen molar-refractivity contribution >= 4 is 28.9 Å². The van der Waals surface area contributed by atoms with Crippen molar-refractivity contribution in [2.24, 2.45) is 23.5 Å². The number of carbonyl (C=O) groups excluding carboxylic acids is 3. The van der Waals surface area contributed by atoms with Gasteiger partial charge in [0.15, 0.2) is 11.4 Å². The summed E-state index contributed by atoms with van der Waals surface area (Å²) in [7, 11) is 3.50. The van der Waals surface area contributed by atoms with E-state index in [1.807, 2.05) is 0 Å². The number of primary amides is 1. The summed E-state index contributed by atoms with van der Waals surface area (Å²) in [6.45, 7) is 1.33. The van der Waals surface area contributed by atoms with E-state index in [0.717, 1.165) is 0 Å². The molecule has 5 atom stereocenters. The smallest absolute Gasteiger partial charge is 0.255 e. The lowest BCUT2D eigenvalue weighted by Crippen LogP contribution is -2.66. The maximum atomic E-state index is 13.5. The van der Waals surface area contributed by atoms with Gasteiger partial charge in [-0.05, 0) is 24.1 Å². The number of ketones is 2. The molecular weight excluding hydrogens is 420 g/mol. The summed E-state index contributed by atoms with van der Waals surface area (Å²) in [5.74, 6) is -9.30. The summed E-state index contributed by atoms with van der Waals surface area (Å²) in [5.41, 5.74) is 2.13. The van der Waals surface area contributed by atoms with Crippen LogP contribution in [-0.4, -0.2) is 68.8 Å². The van der Waals surface area contributed by atoms with Crippen LogP contribution in [0.2, 0.25) is 0 Å². The standard InChI is InChI=1S/C22H24N2O8/c1-7-15-17(27)9-6-8-10(24(2)3)4-5-11(25)12(8)18(28)13(9)19(29)22(15,32)20(30)14(16(7)26)21(23)31/h4-5,7,9,15,17,25,27-28,30,32H,6H2,1-3H3,(H2,23,31). The molecule has 4 rings (SSSR count). The van der Waals surface area contributed by atoms with E-state index in [4.69, 9.17) is 5.73 Å². The van der Waals surface area contributed by atoms with Crippen LogP contribution in [0.1, 0.15) is 18.1 Å². The van der Waals surface area contributed by atoms with Crippen molar-refractivity contribution in [1.29, 1.82) is 0 Å². The Hall–Kier alpha value is -3.37. The van der Waals surface area contributed by atoms with Crippen LogP contribution in [0.5, 0.6) is 5.75 Å². The number of amides is 1. The van der Waals surface area contributed by atoms with Gasteiger partial charge >= 0.3 is 0 Å². The lowest BCUT2D eigenvalue weighted by Gasteiger charge is -2.51. The van der Waals surface area contributed by atoms with Crippen LogP contribution < -0.4 is 10.6 Å². The minimum absolute atomic E-state index is 0.0180. The summed E-state index contributed by atoms with van der Waals surface area (Å²) in [6, 6.07) is 2.97. The number of benzene rings is 1. The molecule has 1 aromatic carbocycles. The summed E-state index contributed by atoms with van der Waals surface area (Å²) >= 11 is 0. The third kappa shape index (κ3) is 2.50. The molecule has 0 heterocycles. The van der Waals surface area contributed by atoms with Crippen molar-refractivity contribution in [1.82, 2.24) is 0 Å². The van der Waals surface area contributed by atoms with Crippen molar-refractivity contribution < 1.29 is 39.9 Å².